The van der Waals surface area contributed by atoms with E-state index in [2.05, 4.69) is 31.2 Å². The van der Waals surface area contributed by atoms with E-state index < -0.39 is 5.60 Å². The van der Waals surface area contributed by atoms with Crippen LogP contribution in [-0.2, 0) is 17.6 Å². The molecule has 3 nitrogen and oxygen atoms in total. The fourth-order valence-corrected chi connectivity index (χ4v) is 2.05. The summed E-state index contributed by atoms with van der Waals surface area (Å²) in [6.45, 7) is 5.91. The molecule has 1 rings (SSSR count). The minimum atomic E-state index is -0.840. The van der Waals surface area contributed by atoms with Crippen LogP contribution >= 0.6 is 0 Å². The molecule has 3 heteroatoms. The first-order valence-electron chi connectivity index (χ1n) is 6.86. The molecule has 1 N–H and O–H groups in total. The molecular weight excluding hydrogens is 238 g/mol. The van der Waals surface area contributed by atoms with Crippen LogP contribution in [0.4, 0.5) is 0 Å². The first-order valence-corrected chi connectivity index (χ1v) is 6.86. The third-order valence-electron chi connectivity index (χ3n) is 3.11. The van der Waals surface area contributed by atoms with Gasteiger partial charge >= 0.3 is 0 Å². The quantitative estimate of drug-likeness (QED) is 0.856. The second-order valence-electron chi connectivity index (χ2n) is 5.73. The maximum Gasteiger partial charge on any atom is 0.222 e. The van der Waals surface area contributed by atoms with Gasteiger partial charge in [0.05, 0.1) is 5.60 Å². The van der Waals surface area contributed by atoms with Gasteiger partial charge in [-0.3, -0.25) is 4.79 Å². The molecule has 0 aliphatic rings. The van der Waals surface area contributed by atoms with Gasteiger partial charge in [-0.05, 0) is 37.8 Å². The summed E-state index contributed by atoms with van der Waals surface area (Å²) in [4.78, 5) is 13.5. The van der Waals surface area contributed by atoms with E-state index in [1.165, 1.54) is 11.1 Å². The number of carbonyl (C=O) groups is 1. The van der Waals surface area contributed by atoms with Crippen molar-refractivity contribution < 1.29 is 9.90 Å². The zero-order chi connectivity index (χ0) is 14.5. The smallest absolute Gasteiger partial charge is 0.222 e. The molecule has 1 aromatic rings. The van der Waals surface area contributed by atoms with Crippen LogP contribution in [0, 0.1) is 0 Å². The number of likely N-dealkylation sites (N-methyl/N-ethyl adjacent to an activating group) is 1. The van der Waals surface area contributed by atoms with Crippen molar-refractivity contribution in [3.8, 4) is 0 Å². The normalized spacial score (nSPS) is 11.4. The fraction of sp³-hybridized carbons (Fsp3) is 0.562. The minimum Gasteiger partial charge on any atom is -0.389 e. The number of benzene rings is 1. The van der Waals surface area contributed by atoms with Gasteiger partial charge in [0.15, 0.2) is 0 Å². The summed E-state index contributed by atoms with van der Waals surface area (Å²) >= 11 is 0. The second-order valence-corrected chi connectivity index (χ2v) is 5.73. The molecule has 0 saturated carbocycles. The summed E-state index contributed by atoms with van der Waals surface area (Å²) in [7, 11) is 1.74. The summed E-state index contributed by atoms with van der Waals surface area (Å²) in [5.74, 6) is 0.0710. The van der Waals surface area contributed by atoms with Gasteiger partial charge in [-0.25, -0.2) is 0 Å². The van der Waals surface area contributed by atoms with Gasteiger partial charge in [0.25, 0.3) is 0 Å². The molecule has 0 aliphatic carbocycles. The Labute approximate surface area is 116 Å². The zero-order valence-corrected chi connectivity index (χ0v) is 12.4. The molecule has 0 saturated heterocycles. The Kier molecular flexibility index (Phi) is 5.55. The van der Waals surface area contributed by atoms with Crippen LogP contribution in [0.1, 0.15) is 38.3 Å². The summed E-state index contributed by atoms with van der Waals surface area (Å²) in [5, 5.41) is 9.69. The number of nitrogens with zero attached hydrogens (tertiary/aromatic N) is 1. The van der Waals surface area contributed by atoms with Crippen LogP contribution in [-0.4, -0.2) is 35.1 Å². The highest BCUT2D eigenvalue weighted by Gasteiger charge is 2.18. The SMILES string of the molecule is CCc1ccc(CCC(=O)N(C)CC(C)(C)O)cc1. The lowest BCUT2D eigenvalue weighted by atomic mass is 10.1. The van der Waals surface area contributed by atoms with Crippen molar-refractivity contribution in [2.24, 2.45) is 0 Å². The van der Waals surface area contributed by atoms with Crippen LogP contribution in [0.25, 0.3) is 0 Å². The minimum absolute atomic E-state index is 0.0710. The molecule has 0 bridgehead atoms. The monoisotopic (exact) mass is 263 g/mol. The molecule has 1 amide bonds. The predicted molar refractivity (Wildman–Crippen MR) is 78.1 cm³/mol. The summed E-state index contributed by atoms with van der Waals surface area (Å²) in [6, 6.07) is 8.39. The molecule has 1 aromatic carbocycles. The molecule has 0 heterocycles. The molecule has 0 aromatic heterocycles. The van der Waals surface area contributed by atoms with Crippen LogP contribution < -0.4 is 0 Å². The Hall–Kier alpha value is -1.35. The Morgan fingerprint density at radius 3 is 2.21 bits per heavy atom. The number of carbonyl (C=O) groups excluding carboxylic acids is 1. The molecule has 0 atom stereocenters. The highest BCUT2D eigenvalue weighted by molar-refractivity contribution is 5.76. The van der Waals surface area contributed by atoms with E-state index in [0.717, 1.165) is 12.8 Å². The first-order chi connectivity index (χ1) is 8.81. The van der Waals surface area contributed by atoms with Crippen LogP contribution in [0.3, 0.4) is 0 Å². The van der Waals surface area contributed by atoms with Gasteiger partial charge < -0.3 is 10.0 Å². The van der Waals surface area contributed by atoms with Crippen molar-refractivity contribution in [2.75, 3.05) is 13.6 Å². The highest BCUT2D eigenvalue weighted by Crippen LogP contribution is 2.09. The van der Waals surface area contributed by atoms with Gasteiger partial charge in [-0.1, -0.05) is 31.2 Å². The van der Waals surface area contributed by atoms with Crippen molar-refractivity contribution in [2.45, 2.75) is 45.6 Å². The van der Waals surface area contributed by atoms with Crippen LogP contribution in [0.2, 0.25) is 0 Å². The number of rotatable bonds is 6. The Morgan fingerprint density at radius 2 is 1.74 bits per heavy atom. The van der Waals surface area contributed by atoms with Gasteiger partial charge in [-0.2, -0.15) is 0 Å². The van der Waals surface area contributed by atoms with E-state index >= 15 is 0 Å². The van der Waals surface area contributed by atoms with E-state index in [1.54, 1.807) is 25.8 Å². The maximum absolute atomic E-state index is 11.9. The average molecular weight is 263 g/mol. The van der Waals surface area contributed by atoms with Gasteiger partial charge in [-0.15, -0.1) is 0 Å². The molecule has 0 radical (unpaired) electrons. The number of aliphatic hydroxyl groups is 1. The molecule has 106 valence electrons. The molecule has 0 aliphatic heterocycles. The van der Waals surface area contributed by atoms with E-state index in [4.69, 9.17) is 0 Å². The largest absolute Gasteiger partial charge is 0.389 e. The van der Waals surface area contributed by atoms with Crippen molar-refractivity contribution in [1.29, 1.82) is 0 Å². The zero-order valence-electron chi connectivity index (χ0n) is 12.4. The third kappa shape index (κ3) is 5.88. The molecule has 0 spiro atoms. The van der Waals surface area contributed by atoms with E-state index in [-0.39, 0.29) is 5.91 Å². The van der Waals surface area contributed by atoms with Gasteiger partial charge in [0, 0.05) is 20.0 Å². The second kappa shape index (κ2) is 6.71. The topological polar surface area (TPSA) is 40.5 Å². The molecule has 0 unspecified atom stereocenters. The number of hydrogen-bond acceptors (Lipinski definition) is 2. The first kappa shape index (κ1) is 15.7. The Morgan fingerprint density at radius 1 is 1.21 bits per heavy atom. The predicted octanol–water partition coefficient (Wildman–Crippen LogP) is 2.41. The Balaban J connectivity index is 2.45. The van der Waals surface area contributed by atoms with Gasteiger partial charge in [0.2, 0.25) is 5.91 Å². The number of hydrogen-bond donors (Lipinski definition) is 1. The number of amides is 1. The molecular formula is C16H25NO2. The summed E-state index contributed by atoms with van der Waals surface area (Å²) in [6.07, 6.45) is 2.27. The van der Waals surface area contributed by atoms with Crippen LogP contribution in [0.15, 0.2) is 24.3 Å². The molecule has 0 fully saturated rings. The summed E-state index contributed by atoms with van der Waals surface area (Å²) < 4.78 is 0. The number of aryl methyl sites for hydroxylation is 2. The lowest BCUT2D eigenvalue weighted by molar-refractivity contribution is -0.132. The van der Waals surface area contributed by atoms with Crippen LogP contribution in [0.5, 0.6) is 0 Å². The average Bonchev–Trinajstić information content (AvgIpc) is 2.34. The third-order valence-corrected chi connectivity index (χ3v) is 3.11. The molecule has 19 heavy (non-hydrogen) atoms. The lowest BCUT2D eigenvalue weighted by Gasteiger charge is -2.25. The van der Waals surface area contributed by atoms with Crippen molar-refractivity contribution in [1.82, 2.24) is 4.90 Å². The van der Waals surface area contributed by atoms with Gasteiger partial charge in [0.1, 0.15) is 0 Å². The van der Waals surface area contributed by atoms with Crippen molar-refractivity contribution in [3.05, 3.63) is 35.4 Å². The highest BCUT2D eigenvalue weighted by atomic mass is 16.3. The standard InChI is InChI=1S/C16H25NO2/c1-5-13-6-8-14(9-7-13)10-11-15(18)17(4)12-16(2,3)19/h6-9,19H,5,10-12H2,1-4H3. The van der Waals surface area contributed by atoms with E-state index in [9.17, 15) is 9.90 Å². The van der Waals surface area contributed by atoms with E-state index in [1.807, 2.05) is 0 Å². The fourth-order valence-electron chi connectivity index (χ4n) is 2.05. The maximum atomic E-state index is 11.9. The Bertz CT molecular complexity index is 404. The summed E-state index contributed by atoms with van der Waals surface area (Å²) in [5.41, 5.74) is 1.66. The van der Waals surface area contributed by atoms with Crippen molar-refractivity contribution in [3.63, 3.8) is 0 Å². The van der Waals surface area contributed by atoms with Crippen molar-refractivity contribution >= 4 is 5.91 Å². The lowest BCUT2D eigenvalue weighted by Crippen LogP contribution is -2.39. The van der Waals surface area contributed by atoms with E-state index in [0.29, 0.717) is 13.0 Å².